The molecule has 3 aromatic carbocycles. The number of halogens is 5. The molecule has 162 valence electrons. The summed E-state index contributed by atoms with van der Waals surface area (Å²) in [4.78, 5) is 0. The fraction of sp³-hybridized carbons (Fsp3) is 0.200. The van der Waals surface area contributed by atoms with Gasteiger partial charge in [-0.2, -0.15) is 13.2 Å². The number of hydrogen-bond acceptors (Lipinski definition) is 1. The molecule has 1 unspecified atom stereocenters. The number of hydrogen-bond donors (Lipinski definition) is 1. The van der Waals surface area contributed by atoms with E-state index in [2.05, 4.69) is 5.32 Å². The molecule has 3 aromatic rings. The molecular weight excluding hydrogens is 409 g/mol. The smallest absolute Gasteiger partial charge is 0.310 e. The molecular formula is C25H22F5N. The van der Waals surface area contributed by atoms with Crippen LogP contribution in [0.25, 0.3) is 5.57 Å². The molecule has 0 aromatic heterocycles. The maximum Gasteiger partial charge on any atom is 0.416 e. The average molecular weight is 431 g/mol. The summed E-state index contributed by atoms with van der Waals surface area (Å²) in [5.74, 6) is -0.704. The van der Waals surface area contributed by atoms with Gasteiger partial charge in [0.15, 0.2) is 0 Å². The van der Waals surface area contributed by atoms with Crippen LogP contribution in [0, 0.1) is 11.6 Å². The number of benzene rings is 3. The maximum atomic E-state index is 13.3. The zero-order valence-corrected chi connectivity index (χ0v) is 16.9. The Balaban J connectivity index is 1.72. The van der Waals surface area contributed by atoms with Crippen molar-refractivity contribution in [3.8, 4) is 0 Å². The molecule has 0 spiro atoms. The Morgan fingerprint density at radius 1 is 0.871 bits per heavy atom. The van der Waals surface area contributed by atoms with Gasteiger partial charge in [0, 0.05) is 12.6 Å². The Labute approximate surface area is 178 Å². The Hall–Kier alpha value is -2.99. The van der Waals surface area contributed by atoms with Crippen LogP contribution >= 0.6 is 0 Å². The van der Waals surface area contributed by atoms with Gasteiger partial charge in [0.1, 0.15) is 11.6 Å². The lowest BCUT2D eigenvalue weighted by atomic mass is 9.97. The van der Waals surface area contributed by atoms with Crippen molar-refractivity contribution < 1.29 is 22.0 Å². The third-order valence-electron chi connectivity index (χ3n) is 4.88. The quantitative estimate of drug-likeness (QED) is 0.414. The van der Waals surface area contributed by atoms with Crippen LogP contribution in [0.3, 0.4) is 0 Å². The van der Waals surface area contributed by atoms with Crippen molar-refractivity contribution in [2.45, 2.75) is 25.6 Å². The first-order chi connectivity index (χ1) is 14.7. The van der Waals surface area contributed by atoms with Crippen LogP contribution in [0.1, 0.15) is 29.2 Å². The second kappa shape index (κ2) is 9.88. The second-order valence-electron chi connectivity index (χ2n) is 7.34. The monoisotopic (exact) mass is 431 g/mol. The van der Waals surface area contributed by atoms with Gasteiger partial charge in [0.25, 0.3) is 0 Å². The summed E-state index contributed by atoms with van der Waals surface area (Å²) in [5.41, 5.74) is 2.29. The van der Waals surface area contributed by atoms with Crippen LogP contribution in [-0.2, 0) is 12.6 Å². The fourth-order valence-corrected chi connectivity index (χ4v) is 3.32. The predicted octanol–water partition coefficient (Wildman–Crippen LogP) is 6.64. The van der Waals surface area contributed by atoms with Crippen LogP contribution in [-0.4, -0.2) is 12.6 Å². The van der Waals surface area contributed by atoms with Crippen LogP contribution < -0.4 is 5.32 Å². The van der Waals surface area contributed by atoms with Crippen molar-refractivity contribution in [1.29, 1.82) is 0 Å². The van der Waals surface area contributed by atoms with Gasteiger partial charge in [0.2, 0.25) is 0 Å². The highest BCUT2D eigenvalue weighted by molar-refractivity contribution is 5.79. The van der Waals surface area contributed by atoms with Crippen molar-refractivity contribution in [3.63, 3.8) is 0 Å². The Bertz CT molecular complexity index is 974. The molecule has 0 bridgehead atoms. The Morgan fingerprint density at radius 2 is 1.42 bits per heavy atom. The third-order valence-corrected chi connectivity index (χ3v) is 4.88. The molecule has 0 heterocycles. The molecule has 1 atom stereocenters. The van der Waals surface area contributed by atoms with E-state index in [9.17, 15) is 22.0 Å². The fourth-order valence-electron chi connectivity index (χ4n) is 3.32. The van der Waals surface area contributed by atoms with Crippen LogP contribution in [0.5, 0.6) is 0 Å². The van der Waals surface area contributed by atoms with Crippen molar-refractivity contribution in [3.05, 3.63) is 113 Å². The number of nitrogens with one attached hydrogen (secondary N) is 1. The summed E-state index contributed by atoms with van der Waals surface area (Å²) in [5, 5.41) is 3.28. The first-order valence-electron chi connectivity index (χ1n) is 9.84. The van der Waals surface area contributed by atoms with Crippen LogP contribution in [0.15, 0.2) is 78.9 Å². The van der Waals surface area contributed by atoms with Crippen molar-refractivity contribution in [2.24, 2.45) is 0 Å². The number of alkyl halides is 3. The standard InChI is InChI=1S/C25H22F5N/c1-17(15-18-3-2-4-21(16-18)25(28,29)30)31-14-13-24(19-5-9-22(26)10-6-19)20-7-11-23(27)12-8-20/h2-13,16-17,31H,14-15H2,1H3. The summed E-state index contributed by atoms with van der Waals surface area (Å²) < 4.78 is 65.3. The van der Waals surface area contributed by atoms with E-state index in [1.807, 2.05) is 13.0 Å². The minimum atomic E-state index is -4.37. The van der Waals surface area contributed by atoms with Crippen LogP contribution in [0.4, 0.5) is 22.0 Å². The van der Waals surface area contributed by atoms with Gasteiger partial charge in [0.05, 0.1) is 5.56 Å². The molecule has 0 aliphatic rings. The largest absolute Gasteiger partial charge is 0.416 e. The predicted molar refractivity (Wildman–Crippen MR) is 112 cm³/mol. The van der Waals surface area contributed by atoms with Gasteiger partial charge in [-0.3, -0.25) is 0 Å². The van der Waals surface area contributed by atoms with Crippen molar-refractivity contribution in [2.75, 3.05) is 6.54 Å². The zero-order chi connectivity index (χ0) is 22.4. The maximum absolute atomic E-state index is 13.3. The summed E-state index contributed by atoms with van der Waals surface area (Å²) >= 11 is 0. The van der Waals surface area contributed by atoms with Crippen molar-refractivity contribution >= 4 is 5.57 Å². The van der Waals surface area contributed by atoms with Gasteiger partial charge in [-0.25, -0.2) is 8.78 Å². The molecule has 0 aliphatic carbocycles. The minimum absolute atomic E-state index is 0.0811. The molecule has 1 nitrogen and oxygen atoms in total. The molecule has 0 aliphatic heterocycles. The van der Waals surface area contributed by atoms with Gasteiger partial charge in [-0.05, 0) is 65.9 Å². The van der Waals surface area contributed by atoms with E-state index in [1.165, 1.54) is 30.3 Å². The van der Waals surface area contributed by atoms with E-state index < -0.39 is 11.7 Å². The molecule has 3 rings (SSSR count). The average Bonchev–Trinajstić information content (AvgIpc) is 2.72. The van der Waals surface area contributed by atoms with E-state index in [1.54, 1.807) is 30.3 Å². The SMILES string of the molecule is CC(Cc1cccc(C(F)(F)F)c1)NCC=C(c1ccc(F)cc1)c1ccc(F)cc1. The molecule has 6 heteroatoms. The lowest BCUT2D eigenvalue weighted by molar-refractivity contribution is -0.137. The molecule has 0 amide bonds. The highest BCUT2D eigenvalue weighted by atomic mass is 19.4. The normalized spacial score (nSPS) is 12.5. The Morgan fingerprint density at radius 3 is 1.94 bits per heavy atom. The summed E-state index contributed by atoms with van der Waals surface area (Å²) in [6.45, 7) is 2.33. The molecule has 0 saturated heterocycles. The highest BCUT2D eigenvalue weighted by Crippen LogP contribution is 2.29. The molecule has 0 saturated carbocycles. The summed E-state index contributed by atoms with van der Waals surface area (Å²) in [6.07, 6.45) is -2.03. The van der Waals surface area contributed by atoms with Crippen molar-refractivity contribution in [1.82, 2.24) is 5.32 Å². The highest BCUT2D eigenvalue weighted by Gasteiger charge is 2.30. The van der Waals surface area contributed by atoms with E-state index >= 15 is 0 Å². The molecule has 31 heavy (non-hydrogen) atoms. The lowest BCUT2D eigenvalue weighted by Crippen LogP contribution is -2.28. The first-order valence-corrected chi connectivity index (χ1v) is 9.84. The Kier molecular flexibility index (Phi) is 7.23. The first kappa shape index (κ1) is 22.7. The van der Waals surface area contributed by atoms with E-state index in [4.69, 9.17) is 0 Å². The zero-order valence-electron chi connectivity index (χ0n) is 16.9. The van der Waals surface area contributed by atoms with E-state index in [0.29, 0.717) is 18.5 Å². The molecule has 1 N–H and O–H groups in total. The summed E-state index contributed by atoms with van der Waals surface area (Å²) in [7, 11) is 0. The topological polar surface area (TPSA) is 12.0 Å². The van der Waals surface area contributed by atoms with Crippen LogP contribution in [0.2, 0.25) is 0 Å². The van der Waals surface area contributed by atoms with Gasteiger partial charge >= 0.3 is 6.18 Å². The van der Waals surface area contributed by atoms with Gasteiger partial charge < -0.3 is 5.32 Å². The van der Waals surface area contributed by atoms with E-state index in [0.717, 1.165) is 28.8 Å². The molecule has 0 fully saturated rings. The second-order valence-corrected chi connectivity index (χ2v) is 7.34. The lowest BCUT2D eigenvalue weighted by Gasteiger charge is -2.15. The third kappa shape index (κ3) is 6.49. The van der Waals surface area contributed by atoms with E-state index in [-0.39, 0.29) is 17.7 Å². The minimum Gasteiger partial charge on any atom is -0.310 e. The number of rotatable bonds is 7. The van der Waals surface area contributed by atoms with Gasteiger partial charge in [-0.1, -0.05) is 48.5 Å². The molecule has 0 radical (unpaired) electrons. The van der Waals surface area contributed by atoms with Gasteiger partial charge in [-0.15, -0.1) is 0 Å². The summed E-state index contributed by atoms with van der Waals surface area (Å²) in [6, 6.07) is 17.2.